The standard InChI is InChI=1S/C28H24ClN5OS/c1-19-12-14-23(15-13-19)34-26(17-30-22-9-5-8-21(29)16-22)32-33-28(34)36-18-27(35)31-25-11-4-7-20-6-2-3-10-24(20)25/h2-16,30H,17-18H2,1H3,(H,31,35). The van der Waals surface area contributed by atoms with Gasteiger partial charge in [-0.05, 0) is 48.7 Å². The second-order valence-electron chi connectivity index (χ2n) is 8.30. The van der Waals surface area contributed by atoms with Gasteiger partial charge in [-0.25, -0.2) is 0 Å². The number of benzene rings is 4. The Morgan fingerprint density at radius 3 is 2.56 bits per heavy atom. The molecule has 1 aromatic heterocycles. The summed E-state index contributed by atoms with van der Waals surface area (Å²) < 4.78 is 1.98. The Balaban J connectivity index is 1.34. The van der Waals surface area contributed by atoms with Crippen LogP contribution in [0.1, 0.15) is 11.4 Å². The third-order valence-electron chi connectivity index (χ3n) is 5.66. The summed E-state index contributed by atoms with van der Waals surface area (Å²) in [6.45, 7) is 2.49. The largest absolute Gasteiger partial charge is 0.378 e. The first-order valence-corrected chi connectivity index (χ1v) is 12.8. The number of nitrogens with one attached hydrogen (secondary N) is 2. The number of aryl methyl sites for hydroxylation is 1. The average Bonchev–Trinajstić information content (AvgIpc) is 3.30. The van der Waals surface area contributed by atoms with Gasteiger partial charge in [0.2, 0.25) is 5.91 Å². The maximum atomic E-state index is 12.9. The van der Waals surface area contributed by atoms with Gasteiger partial charge < -0.3 is 10.6 Å². The van der Waals surface area contributed by atoms with Crippen molar-refractivity contribution in [2.24, 2.45) is 0 Å². The summed E-state index contributed by atoms with van der Waals surface area (Å²) in [7, 11) is 0. The van der Waals surface area contributed by atoms with E-state index in [1.54, 1.807) is 0 Å². The predicted molar refractivity (Wildman–Crippen MR) is 148 cm³/mol. The Morgan fingerprint density at radius 2 is 1.72 bits per heavy atom. The Labute approximate surface area is 218 Å². The molecule has 2 N–H and O–H groups in total. The third-order valence-corrected chi connectivity index (χ3v) is 6.83. The normalized spacial score (nSPS) is 10.9. The molecule has 0 radical (unpaired) electrons. The number of carbonyl (C=O) groups is 1. The maximum absolute atomic E-state index is 12.9. The van der Waals surface area contributed by atoms with Crippen molar-refractivity contribution in [2.45, 2.75) is 18.6 Å². The number of anilines is 2. The molecule has 1 amide bonds. The number of nitrogens with zero attached hydrogens (tertiary/aromatic N) is 3. The van der Waals surface area contributed by atoms with Crippen molar-refractivity contribution in [2.75, 3.05) is 16.4 Å². The highest BCUT2D eigenvalue weighted by molar-refractivity contribution is 7.99. The van der Waals surface area contributed by atoms with Gasteiger partial charge in [0.1, 0.15) is 0 Å². The fourth-order valence-corrected chi connectivity index (χ4v) is 4.85. The first-order valence-electron chi connectivity index (χ1n) is 11.5. The summed E-state index contributed by atoms with van der Waals surface area (Å²) in [4.78, 5) is 12.9. The molecule has 8 heteroatoms. The van der Waals surface area contributed by atoms with Gasteiger partial charge in [-0.1, -0.05) is 83.5 Å². The molecule has 0 unspecified atom stereocenters. The zero-order valence-corrected chi connectivity index (χ0v) is 21.2. The Kier molecular flexibility index (Phi) is 7.21. The summed E-state index contributed by atoms with van der Waals surface area (Å²) in [5.74, 6) is 0.832. The molecule has 0 spiro atoms. The van der Waals surface area contributed by atoms with Crippen molar-refractivity contribution in [3.8, 4) is 5.69 Å². The first-order chi connectivity index (χ1) is 17.6. The summed E-state index contributed by atoms with van der Waals surface area (Å²) >= 11 is 7.47. The van der Waals surface area contributed by atoms with E-state index in [1.807, 2.05) is 102 Å². The number of carbonyl (C=O) groups excluding carboxylic acids is 1. The van der Waals surface area contributed by atoms with E-state index in [0.29, 0.717) is 16.7 Å². The minimum atomic E-state index is -0.103. The molecule has 6 nitrogen and oxygen atoms in total. The van der Waals surface area contributed by atoms with E-state index in [4.69, 9.17) is 11.6 Å². The van der Waals surface area contributed by atoms with Gasteiger partial charge >= 0.3 is 0 Å². The number of hydrogen-bond acceptors (Lipinski definition) is 5. The van der Waals surface area contributed by atoms with Gasteiger partial charge in [-0.3, -0.25) is 9.36 Å². The Hall–Kier alpha value is -3.81. The van der Waals surface area contributed by atoms with Gasteiger partial charge in [-0.2, -0.15) is 0 Å². The lowest BCUT2D eigenvalue weighted by atomic mass is 10.1. The fourth-order valence-electron chi connectivity index (χ4n) is 3.89. The molecule has 0 saturated heterocycles. The number of aromatic nitrogens is 3. The van der Waals surface area contributed by atoms with Crippen LogP contribution in [0.2, 0.25) is 5.02 Å². The van der Waals surface area contributed by atoms with Crippen LogP contribution >= 0.6 is 23.4 Å². The van der Waals surface area contributed by atoms with Crippen molar-refractivity contribution >= 4 is 51.4 Å². The van der Waals surface area contributed by atoms with Crippen LogP contribution in [0.3, 0.4) is 0 Å². The Bertz CT molecular complexity index is 1510. The molecule has 1 heterocycles. The average molecular weight is 514 g/mol. The van der Waals surface area contributed by atoms with Gasteiger partial charge in [0.15, 0.2) is 11.0 Å². The maximum Gasteiger partial charge on any atom is 0.234 e. The van der Waals surface area contributed by atoms with E-state index in [9.17, 15) is 4.79 Å². The highest BCUT2D eigenvalue weighted by atomic mass is 35.5. The fraction of sp³-hybridized carbons (Fsp3) is 0.107. The highest BCUT2D eigenvalue weighted by Crippen LogP contribution is 2.26. The topological polar surface area (TPSA) is 71.8 Å². The number of hydrogen-bond donors (Lipinski definition) is 2. The lowest BCUT2D eigenvalue weighted by Gasteiger charge is -2.12. The SMILES string of the molecule is Cc1ccc(-n2c(CNc3cccc(Cl)c3)nnc2SCC(=O)Nc2cccc3ccccc23)cc1. The van der Waals surface area contributed by atoms with E-state index in [-0.39, 0.29) is 11.7 Å². The van der Waals surface area contributed by atoms with Crippen molar-refractivity contribution in [1.82, 2.24) is 14.8 Å². The molecule has 0 fully saturated rings. The molecule has 0 saturated carbocycles. The number of amides is 1. The van der Waals surface area contributed by atoms with Crippen LogP contribution in [0.15, 0.2) is 96.2 Å². The van der Waals surface area contributed by atoms with Gasteiger partial charge in [0.25, 0.3) is 0 Å². The lowest BCUT2D eigenvalue weighted by Crippen LogP contribution is -2.15. The number of thioether (sulfide) groups is 1. The van der Waals surface area contributed by atoms with Crippen LogP contribution in [-0.2, 0) is 11.3 Å². The van der Waals surface area contributed by atoms with Gasteiger partial charge in [-0.15, -0.1) is 10.2 Å². The number of halogens is 1. The molecule has 0 aliphatic carbocycles. The Morgan fingerprint density at radius 1 is 0.944 bits per heavy atom. The van der Waals surface area contributed by atoms with E-state index < -0.39 is 0 Å². The predicted octanol–water partition coefficient (Wildman–Crippen LogP) is 6.73. The number of rotatable bonds is 8. The third kappa shape index (κ3) is 5.53. The van der Waals surface area contributed by atoms with Gasteiger partial charge in [0.05, 0.1) is 12.3 Å². The first kappa shape index (κ1) is 23.9. The molecule has 4 aromatic carbocycles. The summed E-state index contributed by atoms with van der Waals surface area (Å²) in [6, 6.07) is 29.6. The molecule has 0 aliphatic rings. The molecular weight excluding hydrogens is 490 g/mol. The van der Waals surface area contributed by atoms with Crippen LogP contribution < -0.4 is 10.6 Å². The highest BCUT2D eigenvalue weighted by Gasteiger charge is 2.16. The van der Waals surface area contributed by atoms with Crippen LogP contribution in [0.4, 0.5) is 11.4 Å². The molecule has 180 valence electrons. The van der Waals surface area contributed by atoms with Crippen molar-refractivity contribution in [3.63, 3.8) is 0 Å². The van der Waals surface area contributed by atoms with E-state index in [0.717, 1.165) is 39.2 Å². The van der Waals surface area contributed by atoms with Crippen molar-refractivity contribution in [3.05, 3.63) is 107 Å². The van der Waals surface area contributed by atoms with Crippen LogP contribution in [0.25, 0.3) is 16.5 Å². The molecule has 0 bridgehead atoms. The van der Waals surface area contributed by atoms with Crippen LogP contribution in [0, 0.1) is 6.92 Å². The van der Waals surface area contributed by atoms with Crippen LogP contribution in [-0.4, -0.2) is 26.4 Å². The zero-order valence-electron chi connectivity index (χ0n) is 19.6. The minimum Gasteiger partial charge on any atom is -0.378 e. The van der Waals surface area contributed by atoms with Crippen molar-refractivity contribution in [1.29, 1.82) is 0 Å². The zero-order chi connectivity index (χ0) is 24.9. The molecular formula is C28H24ClN5OS. The minimum absolute atomic E-state index is 0.103. The molecule has 36 heavy (non-hydrogen) atoms. The molecule has 5 rings (SSSR count). The molecule has 0 aliphatic heterocycles. The van der Waals surface area contributed by atoms with E-state index in [1.165, 1.54) is 11.8 Å². The number of fused-ring (bicyclic) bond motifs is 1. The summed E-state index contributed by atoms with van der Waals surface area (Å²) in [6.07, 6.45) is 0. The molecule has 0 atom stereocenters. The lowest BCUT2D eigenvalue weighted by molar-refractivity contribution is -0.113. The van der Waals surface area contributed by atoms with E-state index >= 15 is 0 Å². The monoisotopic (exact) mass is 513 g/mol. The second kappa shape index (κ2) is 10.8. The quantitative estimate of drug-likeness (QED) is 0.225. The van der Waals surface area contributed by atoms with E-state index in [2.05, 4.69) is 20.8 Å². The summed E-state index contributed by atoms with van der Waals surface area (Å²) in [5.41, 5.74) is 3.79. The van der Waals surface area contributed by atoms with Crippen LogP contribution in [0.5, 0.6) is 0 Å². The van der Waals surface area contributed by atoms with Gasteiger partial charge in [0, 0.05) is 27.5 Å². The molecule has 5 aromatic rings. The van der Waals surface area contributed by atoms with Crippen molar-refractivity contribution < 1.29 is 4.79 Å². The second-order valence-corrected chi connectivity index (χ2v) is 9.68. The summed E-state index contributed by atoms with van der Waals surface area (Å²) in [5, 5.41) is 18.6. The smallest absolute Gasteiger partial charge is 0.234 e.